The van der Waals surface area contributed by atoms with Gasteiger partial charge in [-0.1, -0.05) is 36.4 Å². The first-order valence-electron chi connectivity index (χ1n) is 13.1. The zero-order valence-electron chi connectivity index (χ0n) is 21.2. The van der Waals surface area contributed by atoms with Crippen LogP contribution in [0.1, 0.15) is 50.2 Å². The lowest BCUT2D eigenvalue weighted by atomic mass is 9.90. The summed E-state index contributed by atoms with van der Waals surface area (Å²) in [5.74, 6) is 1.43. The lowest BCUT2D eigenvalue weighted by molar-refractivity contribution is -0.125. The summed E-state index contributed by atoms with van der Waals surface area (Å²) in [4.78, 5) is 29.5. The number of ether oxygens (including phenoxy) is 1. The number of benzene rings is 2. The van der Waals surface area contributed by atoms with Gasteiger partial charge >= 0.3 is 0 Å². The van der Waals surface area contributed by atoms with Crippen LogP contribution in [0.4, 0.5) is 5.69 Å². The Morgan fingerprint density at radius 3 is 2.60 bits per heavy atom. The zero-order chi connectivity index (χ0) is 24.6. The second-order valence-corrected chi connectivity index (χ2v) is 10.1. The first-order valence-corrected chi connectivity index (χ1v) is 13.1. The van der Waals surface area contributed by atoms with Gasteiger partial charge < -0.3 is 19.9 Å². The normalized spacial score (nSPS) is 18.6. The second-order valence-electron chi connectivity index (χ2n) is 10.1. The fourth-order valence-corrected chi connectivity index (χ4v) is 5.12. The Hall–Kier alpha value is -2.86. The summed E-state index contributed by atoms with van der Waals surface area (Å²) in [6.45, 7) is 8.42. The highest BCUT2D eigenvalue weighted by atomic mass is 16.5. The van der Waals surface area contributed by atoms with Gasteiger partial charge in [-0.2, -0.15) is 0 Å². The van der Waals surface area contributed by atoms with Crippen LogP contribution in [0.2, 0.25) is 0 Å². The van der Waals surface area contributed by atoms with E-state index in [4.69, 9.17) is 4.74 Å². The minimum Gasteiger partial charge on any atom is -0.487 e. The minimum absolute atomic E-state index is 0.0273. The number of carbonyl (C=O) groups is 2. The van der Waals surface area contributed by atoms with Crippen LogP contribution in [0.25, 0.3) is 0 Å². The van der Waals surface area contributed by atoms with E-state index in [2.05, 4.69) is 40.5 Å². The summed E-state index contributed by atoms with van der Waals surface area (Å²) in [5, 5.41) is 3.00. The van der Waals surface area contributed by atoms with E-state index >= 15 is 0 Å². The van der Waals surface area contributed by atoms with Crippen LogP contribution in [0.15, 0.2) is 48.5 Å². The highest BCUT2D eigenvalue weighted by Gasteiger charge is 2.27. The molecule has 4 rings (SSSR count). The van der Waals surface area contributed by atoms with Gasteiger partial charge in [0.05, 0.1) is 12.2 Å². The van der Waals surface area contributed by atoms with Crippen LogP contribution >= 0.6 is 0 Å². The van der Waals surface area contributed by atoms with Crippen LogP contribution in [-0.2, 0) is 16.0 Å². The van der Waals surface area contributed by atoms with E-state index in [0.717, 1.165) is 49.0 Å². The van der Waals surface area contributed by atoms with E-state index in [9.17, 15) is 9.59 Å². The molecule has 2 aromatic rings. The van der Waals surface area contributed by atoms with Crippen LogP contribution in [0.5, 0.6) is 5.75 Å². The molecule has 6 nitrogen and oxygen atoms in total. The molecule has 0 aromatic heterocycles. The number of piperidine rings is 1. The predicted molar refractivity (Wildman–Crippen MR) is 140 cm³/mol. The van der Waals surface area contributed by atoms with Crippen molar-refractivity contribution in [2.24, 2.45) is 5.92 Å². The third-order valence-electron chi connectivity index (χ3n) is 7.09. The highest BCUT2D eigenvalue weighted by Crippen LogP contribution is 2.34. The van der Waals surface area contributed by atoms with Crippen LogP contribution in [0, 0.1) is 12.8 Å². The van der Waals surface area contributed by atoms with E-state index in [1.807, 2.05) is 32.0 Å². The summed E-state index contributed by atoms with van der Waals surface area (Å²) in [6.07, 6.45) is 4.97. The minimum atomic E-state index is -0.0635. The number of anilines is 1. The quantitative estimate of drug-likeness (QED) is 0.546. The van der Waals surface area contributed by atoms with Crippen molar-refractivity contribution in [3.8, 4) is 5.75 Å². The third kappa shape index (κ3) is 7.31. The maximum absolute atomic E-state index is 12.9. The summed E-state index contributed by atoms with van der Waals surface area (Å²) < 4.78 is 5.86. The third-order valence-corrected chi connectivity index (χ3v) is 7.09. The molecule has 2 heterocycles. The molecule has 1 N–H and O–H groups in total. The molecule has 2 aliphatic rings. The molecule has 2 aromatic carbocycles. The van der Waals surface area contributed by atoms with Crippen molar-refractivity contribution in [2.45, 2.75) is 58.5 Å². The molecule has 1 fully saturated rings. The van der Waals surface area contributed by atoms with Gasteiger partial charge in [-0.05, 0) is 88.3 Å². The maximum Gasteiger partial charge on any atom is 0.227 e. The lowest BCUT2D eigenvalue weighted by Gasteiger charge is -2.33. The second kappa shape index (κ2) is 12.2. The van der Waals surface area contributed by atoms with Gasteiger partial charge in [-0.25, -0.2) is 0 Å². The molecule has 0 radical (unpaired) electrons. The molecular weight excluding hydrogens is 438 g/mol. The van der Waals surface area contributed by atoms with Crippen LogP contribution in [0.3, 0.4) is 0 Å². The van der Waals surface area contributed by atoms with Crippen LogP contribution < -0.4 is 15.0 Å². The molecule has 35 heavy (non-hydrogen) atoms. The van der Waals surface area contributed by atoms with Crippen LogP contribution in [-0.4, -0.2) is 55.5 Å². The Morgan fingerprint density at radius 2 is 1.83 bits per heavy atom. The standard InChI is InChI=1S/C29H39N3O3/c1-22-9-10-27-26(19-22)32(21-23(2)35-27)29(34)12-11-28(33)30-15-6-16-31-17-13-25(14-18-31)20-24-7-4-3-5-8-24/h3-5,7-10,19,23,25H,6,11-18,20-21H2,1-2H3,(H,30,33). The molecule has 1 atom stereocenters. The monoisotopic (exact) mass is 477 g/mol. The molecule has 1 saturated heterocycles. The van der Waals surface area contributed by atoms with Crippen molar-refractivity contribution in [1.82, 2.24) is 10.2 Å². The average Bonchev–Trinajstić information content (AvgIpc) is 2.86. The number of rotatable bonds is 9. The van der Waals surface area contributed by atoms with Gasteiger partial charge in [0.15, 0.2) is 0 Å². The Balaban J connectivity index is 1.11. The van der Waals surface area contributed by atoms with E-state index in [1.165, 1.54) is 24.8 Å². The highest BCUT2D eigenvalue weighted by molar-refractivity contribution is 5.97. The van der Waals surface area contributed by atoms with Crippen molar-refractivity contribution in [3.05, 3.63) is 59.7 Å². The van der Waals surface area contributed by atoms with E-state index in [0.29, 0.717) is 13.1 Å². The van der Waals surface area contributed by atoms with Crippen molar-refractivity contribution < 1.29 is 14.3 Å². The number of carbonyl (C=O) groups excluding carboxylic acids is 2. The molecule has 0 bridgehead atoms. The van der Waals surface area contributed by atoms with Gasteiger partial charge in [0.2, 0.25) is 11.8 Å². The van der Waals surface area contributed by atoms with Gasteiger partial charge in [-0.3, -0.25) is 9.59 Å². The van der Waals surface area contributed by atoms with Gasteiger partial charge in [0.25, 0.3) is 0 Å². The van der Waals surface area contributed by atoms with E-state index in [-0.39, 0.29) is 30.8 Å². The summed E-state index contributed by atoms with van der Waals surface area (Å²) in [7, 11) is 0. The van der Waals surface area contributed by atoms with Crippen molar-refractivity contribution in [2.75, 3.05) is 37.6 Å². The van der Waals surface area contributed by atoms with Crippen molar-refractivity contribution in [1.29, 1.82) is 0 Å². The number of nitrogens with one attached hydrogen (secondary N) is 1. The fraction of sp³-hybridized carbons (Fsp3) is 0.517. The number of likely N-dealkylation sites (tertiary alicyclic amines) is 1. The Morgan fingerprint density at radius 1 is 1.06 bits per heavy atom. The number of aryl methyl sites for hydroxylation is 1. The number of amides is 2. The van der Waals surface area contributed by atoms with Gasteiger partial charge in [-0.15, -0.1) is 0 Å². The van der Waals surface area contributed by atoms with Crippen molar-refractivity contribution in [3.63, 3.8) is 0 Å². The summed E-state index contributed by atoms with van der Waals surface area (Å²) in [5.41, 5.74) is 3.33. The summed E-state index contributed by atoms with van der Waals surface area (Å²) in [6, 6.07) is 16.7. The number of fused-ring (bicyclic) bond motifs is 1. The van der Waals surface area contributed by atoms with E-state index in [1.54, 1.807) is 4.90 Å². The maximum atomic E-state index is 12.9. The zero-order valence-corrected chi connectivity index (χ0v) is 21.2. The SMILES string of the molecule is Cc1ccc2c(c1)N(C(=O)CCC(=O)NCCCN1CCC(Cc3ccccc3)CC1)CC(C)O2. The molecule has 6 heteroatoms. The Kier molecular flexibility index (Phi) is 8.80. The molecule has 0 aliphatic carbocycles. The average molecular weight is 478 g/mol. The first kappa shape index (κ1) is 25.2. The van der Waals surface area contributed by atoms with Gasteiger partial charge in [0, 0.05) is 19.4 Å². The van der Waals surface area contributed by atoms with Crippen molar-refractivity contribution >= 4 is 17.5 Å². The first-order chi connectivity index (χ1) is 17.0. The molecule has 2 aliphatic heterocycles. The molecule has 0 spiro atoms. The molecule has 188 valence electrons. The molecular formula is C29H39N3O3. The summed E-state index contributed by atoms with van der Waals surface area (Å²) >= 11 is 0. The number of nitrogens with zero attached hydrogens (tertiary/aromatic N) is 2. The smallest absolute Gasteiger partial charge is 0.227 e. The molecule has 0 saturated carbocycles. The largest absolute Gasteiger partial charge is 0.487 e. The molecule has 1 unspecified atom stereocenters. The molecule has 2 amide bonds. The Bertz CT molecular complexity index is 986. The fourth-order valence-electron chi connectivity index (χ4n) is 5.12. The number of hydrogen-bond acceptors (Lipinski definition) is 4. The number of hydrogen-bond donors (Lipinski definition) is 1. The predicted octanol–water partition coefficient (Wildman–Crippen LogP) is 4.35. The Labute approximate surface area is 209 Å². The lowest BCUT2D eigenvalue weighted by Crippen LogP contribution is -2.42. The topological polar surface area (TPSA) is 61.9 Å². The van der Waals surface area contributed by atoms with E-state index < -0.39 is 0 Å². The van der Waals surface area contributed by atoms with Gasteiger partial charge in [0.1, 0.15) is 11.9 Å².